The third-order valence-electron chi connectivity index (χ3n) is 2.33. The molecule has 0 radical (unpaired) electrons. The molecule has 0 saturated heterocycles. The fourth-order valence-electron chi connectivity index (χ4n) is 1.58. The molecule has 1 aromatic carbocycles. The highest BCUT2D eigenvalue weighted by Gasteiger charge is 2.34. The Balaban J connectivity index is 3.19. The molecular weight excluding hydrogens is 257 g/mol. The normalized spacial score (nSPS) is 13.5. The molecule has 1 atom stereocenters. The second-order valence-corrected chi connectivity index (χ2v) is 4.16. The van der Waals surface area contributed by atoms with Crippen LogP contribution in [-0.2, 0) is 11.0 Å². The number of halogens is 4. The van der Waals surface area contributed by atoms with E-state index in [1.807, 2.05) is 0 Å². The van der Waals surface area contributed by atoms with Crippen LogP contribution in [0, 0.1) is 0 Å². The van der Waals surface area contributed by atoms with E-state index in [1.54, 1.807) is 0 Å². The zero-order valence-electron chi connectivity index (χ0n) is 8.88. The van der Waals surface area contributed by atoms with Crippen LogP contribution in [0.3, 0.4) is 0 Å². The molecule has 0 aromatic heterocycles. The SMILES string of the molecule is CC(CC(=O)O)c1ccc(Cl)cc1C(F)(F)F. The fraction of sp³-hybridized carbons (Fsp3) is 0.364. The van der Waals surface area contributed by atoms with Gasteiger partial charge < -0.3 is 5.11 Å². The van der Waals surface area contributed by atoms with E-state index in [2.05, 4.69) is 0 Å². The van der Waals surface area contributed by atoms with Gasteiger partial charge in [-0.2, -0.15) is 13.2 Å². The highest BCUT2D eigenvalue weighted by atomic mass is 35.5. The molecule has 0 aliphatic heterocycles. The Hall–Kier alpha value is -1.23. The van der Waals surface area contributed by atoms with Crippen molar-refractivity contribution in [3.63, 3.8) is 0 Å². The Kier molecular flexibility index (Phi) is 4.03. The molecule has 0 heterocycles. The van der Waals surface area contributed by atoms with Crippen LogP contribution < -0.4 is 0 Å². The zero-order valence-corrected chi connectivity index (χ0v) is 9.64. The number of hydrogen-bond donors (Lipinski definition) is 1. The topological polar surface area (TPSA) is 37.3 Å². The van der Waals surface area contributed by atoms with Gasteiger partial charge in [0.05, 0.1) is 12.0 Å². The van der Waals surface area contributed by atoms with Crippen molar-refractivity contribution in [2.45, 2.75) is 25.4 Å². The highest BCUT2D eigenvalue weighted by molar-refractivity contribution is 6.30. The quantitative estimate of drug-likeness (QED) is 0.900. The van der Waals surface area contributed by atoms with Crippen LogP contribution in [0.1, 0.15) is 30.4 Å². The minimum atomic E-state index is -4.53. The molecule has 0 saturated carbocycles. The lowest BCUT2D eigenvalue weighted by atomic mass is 9.93. The summed E-state index contributed by atoms with van der Waals surface area (Å²) >= 11 is 5.52. The molecule has 1 unspecified atom stereocenters. The molecule has 1 N–H and O–H groups in total. The van der Waals surface area contributed by atoms with Crippen molar-refractivity contribution in [1.82, 2.24) is 0 Å². The van der Waals surface area contributed by atoms with Gasteiger partial charge in [-0.05, 0) is 23.6 Å². The van der Waals surface area contributed by atoms with Gasteiger partial charge in [-0.25, -0.2) is 0 Å². The minimum Gasteiger partial charge on any atom is -0.481 e. The summed E-state index contributed by atoms with van der Waals surface area (Å²) in [5, 5.41) is 8.56. The van der Waals surface area contributed by atoms with Gasteiger partial charge >= 0.3 is 12.1 Å². The minimum absolute atomic E-state index is 0.0244. The van der Waals surface area contributed by atoms with Crippen LogP contribution in [0.4, 0.5) is 13.2 Å². The molecule has 1 aromatic rings. The van der Waals surface area contributed by atoms with Gasteiger partial charge in [-0.3, -0.25) is 4.79 Å². The molecule has 0 spiro atoms. The highest BCUT2D eigenvalue weighted by Crippen LogP contribution is 2.37. The van der Waals surface area contributed by atoms with Crippen LogP contribution >= 0.6 is 11.6 Å². The maximum absolute atomic E-state index is 12.7. The smallest absolute Gasteiger partial charge is 0.416 e. The Morgan fingerprint density at radius 2 is 2.06 bits per heavy atom. The average Bonchev–Trinajstić information content (AvgIpc) is 2.14. The molecule has 6 heteroatoms. The molecule has 17 heavy (non-hydrogen) atoms. The van der Waals surface area contributed by atoms with Crippen LogP contribution in [0.15, 0.2) is 18.2 Å². The predicted octanol–water partition coefficient (Wildman–Crippen LogP) is 3.94. The summed E-state index contributed by atoms with van der Waals surface area (Å²) in [6.07, 6.45) is -4.89. The summed E-state index contributed by atoms with van der Waals surface area (Å²) in [5.74, 6) is -1.86. The average molecular weight is 267 g/mol. The number of carbonyl (C=O) groups is 1. The Morgan fingerprint density at radius 1 is 1.47 bits per heavy atom. The first kappa shape index (κ1) is 13.8. The Bertz CT molecular complexity index is 429. The van der Waals surface area contributed by atoms with E-state index in [1.165, 1.54) is 19.1 Å². The first-order chi connectivity index (χ1) is 7.71. The maximum atomic E-state index is 12.7. The van der Waals surface area contributed by atoms with Crippen molar-refractivity contribution < 1.29 is 23.1 Å². The first-order valence-corrected chi connectivity index (χ1v) is 5.18. The summed E-state index contributed by atoms with van der Waals surface area (Å²) in [6, 6.07) is 3.36. The third-order valence-corrected chi connectivity index (χ3v) is 2.57. The molecule has 0 aliphatic carbocycles. The van der Waals surface area contributed by atoms with Gasteiger partial charge in [-0.15, -0.1) is 0 Å². The third kappa shape index (κ3) is 3.63. The summed E-state index contributed by atoms with van der Waals surface area (Å²) in [4.78, 5) is 10.5. The summed E-state index contributed by atoms with van der Waals surface area (Å²) in [7, 11) is 0. The number of benzene rings is 1. The first-order valence-electron chi connectivity index (χ1n) is 4.80. The largest absolute Gasteiger partial charge is 0.481 e. The molecule has 0 bridgehead atoms. The van der Waals surface area contributed by atoms with Crippen LogP contribution in [0.25, 0.3) is 0 Å². The summed E-state index contributed by atoms with van der Waals surface area (Å²) in [5.41, 5.74) is -0.928. The molecule has 1 rings (SSSR count). The van der Waals surface area contributed by atoms with Gasteiger partial charge in [0, 0.05) is 5.02 Å². The van der Waals surface area contributed by atoms with Crippen molar-refractivity contribution in [3.05, 3.63) is 34.3 Å². The number of carboxylic acids is 1. The Labute approximate surface area is 101 Å². The van der Waals surface area contributed by atoms with Crippen molar-refractivity contribution in [3.8, 4) is 0 Å². The van der Waals surface area contributed by atoms with Gasteiger partial charge in [0.1, 0.15) is 0 Å². The number of rotatable bonds is 3. The molecule has 0 amide bonds. The predicted molar refractivity (Wildman–Crippen MR) is 57.1 cm³/mol. The number of hydrogen-bond acceptors (Lipinski definition) is 1. The standard InChI is InChI=1S/C11H10ClF3O2/c1-6(4-10(16)17)8-3-2-7(12)5-9(8)11(13,14)15/h2-3,5-6H,4H2,1H3,(H,16,17). The number of aliphatic carboxylic acids is 1. The van der Waals surface area contributed by atoms with Crippen molar-refractivity contribution in [2.75, 3.05) is 0 Å². The van der Waals surface area contributed by atoms with E-state index in [4.69, 9.17) is 16.7 Å². The van der Waals surface area contributed by atoms with Gasteiger partial charge in [0.15, 0.2) is 0 Å². The molecule has 0 fully saturated rings. The molecular formula is C11H10ClF3O2. The number of carboxylic acid groups (broad SMARTS) is 1. The van der Waals surface area contributed by atoms with E-state index in [-0.39, 0.29) is 17.0 Å². The second-order valence-electron chi connectivity index (χ2n) is 3.73. The lowest BCUT2D eigenvalue weighted by Gasteiger charge is -2.17. The second kappa shape index (κ2) is 4.96. The summed E-state index contributed by atoms with van der Waals surface area (Å²) < 4.78 is 38.2. The lowest BCUT2D eigenvalue weighted by molar-refractivity contribution is -0.140. The molecule has 2 nitrogen and oxygen atoms in total. The van der Waals surface area contributed by atoms with Crippen LogP contribution in [0.2, 0.25) is 5.02 Å². The molecule has 94 valence electrons. The fourth-order valence-corrected chi connectivity index (χ4v) is 1.75. The van der Waals surface area contributed by atoms with Crippen LogP contribution in [0.5, 0.6) is 0 Å². The number of alkyl halides is 3. The lowest BCUT2D eigenvalue weighted by Crippen LogP contribution is -2.13. The molecule has 0 aliphatic rings. The monoisotopic (exact) mass is 266 g/mol. The Morgan fingerprint density at radius 3 is 2.53 bits per heavy atom. The van der Waals surface area contributed by atoms with Gasteiger partial charge in [-0.1, -0.05) is 24.6 Å². The van der Waals surface area contributed by atoms with E-state index < -0.39 is 23.6 Å². The van der Waals surface area contributed by atoms with Crippen molar-refractivity contribution in [2.24, 2.45) is 0 Å². The van der Waals surface area contributed by atoms with E-state index in [0.717, 1.165) is 6.07 Å². The van der Waals surface area contributed by atoms with Crippen molar-refractivity contribution >= 4 is 17.6 Å². The van der Waals surface area contributed by atoms with Gasteiger partial charge in [0.25, 0.3) is 0 Å². The van der Waals surface area contributed by atoms with E-state index in [0.29, 0.717) is 0 Å². The van der Waals surface area contributed by atoms with E-state index in [9.17, 15) is 18.0 Å². The zero-order chi connectivity index (χ0) is 13.2. The van der Waals surface area contributed by atoms with Crippen molar-refractivity contribution in [1.29, 1.82) is 0 Å². The van der Waals surface area contributed by atoms with Gasteiger partial charge in [0.2, 0.25) is 0 Å². The summed E-state index contributed by atoms with van der Waals surface area (Å²) in [6.45, 7) is 1.44. The van der Waals surface area contributed by atoms with Crippen LogP contribution in [-0.4, -0.2) is 11.1 Å². The maximum Gasteiger partial charge on any atom is 0.416 e. The van der Waals surface area contributed by atoms with E-state index >= 15 is 0 Å².